The van der Waals surface area contributed by atoms with Gasteiger partial charge in [-0.25, -0.2) is 4.98 Å². The fraction of sp³-hybridized carbons (Fsp3) is 0.308. The second-order valence-electron chi connectivity index (χ2n) is 4.42. The number of aromatic amines is 1. The summed E-state index contributed by atoms with van der Waals surface area (Å²) in [6.45, 7) is 2.09. The predicted octanol–water partition coefficient (Wildman–Crippen LogP) is 0.976. The van der Waals surface area contributed by atoms with E-state index < -0.39 is 0 Å². The SMILES string of the molecule is COc1cccc(N)c1C(=O)N(C)Cc1n[nH]c(C)n1. The van der Waals surface area contributed by atoms with E-state index in [1.807, 2.05) is 0 Å². The summed E-state index contributed by atoms with van der Waals surface area (Å²) in [6, 6.07) is 5.11. The number of carbonyl (C=O) groups is 1. The van der Waals surface area contributed by atoms with Crippen molar-refractivity contribution in [2.45, 2.75) is 13.5 Å². The molecule has 2 rings (SSSR count). The molecule has 0 unspecified atom stereocenters. The molecule has 0 radical (unpaired) electrons. The molecule has 0 saturated heterocycles. The number of nitrogens with one attached hydrogen (secondary N) is 1. The Morgan fingerprint density at radius 1 is 1.50 bits per heavy atom. The molecule has 106 valence electrons. The van der Waals surface area contributed by atoms with Crippen LogP contribution in [-0.2, 0) is 6.54 Å². The maximum atomic E-state index is 12.5. The van der Waals surface area contributed by atoms with Crippen LogP contribution in [0.2, 0.25) is 0 Å². The second-order valence-corrected chi connectivity index (χ2v) is 4.42. The Kier molecular flexibility index (Phi) is 3.88. The molecule has 0 fully saturated rings. The highest BCUT2D eigenvalue weighted by molar-refractivity contribution is 6.01. The molecule has 3 N–H and O–H groups in total. The molecule has 0 spiro atoms. The molecule has 2 aromatic rings. The number of hydrogen-bond acceptors (Lipinski definition) is 5. The number of amides is 1. The Hall–Kier alpha value is -2.57. The van der Waals surface area contributed by atoms with Crippen LogP contribution in [0.25, 0.3) is 0 Å². The molecule has 0 aliphatic carbocycles. The average Bonchev–Trinajstić information content (AvgIpc) is 2.82. The lowest BCUT2D eigenvalue weighted by atomic mass is 10.1. The van der Waals surface area contributed by atoms with Crippen LogP contribution in [0, 0.1) is 6.92 Å². The van der Waals surface area contributed by atoms with Gasteiger partial charge in [0.1, 0.15) is 17.1 Å². The maximum Gasteiger partial charge on any atom is 0.259 e. The molecule has 0 aliphatic rings. The van der Waals surface area contributed by atoms with Crippen molar-refractivity contribution in [3.05, 3.63) is 35.4 Å². The summed E-state index contributed by atoms with van der Waals surface area (Å²) in [5, 5.41) is 6.74. The Labute approximate surface area is 116 Å². The Balaban J connectivity index is 2.22. The zero-order chi connectivity index (χ0) is 14.7. The minimum Gasteiger partial charge on any atom is -0.496 e. The first-order valence-electron chi connectivity index (χ1n) is 6.08. The number of H-pyrrole nitrogens is 1. The monoisotopic (exact) mass is 275 g/mol. The van der Waals surface area contributed by atoms with E-state index >= 15 is 0 Å². The number of aromatic nitrogens is 3. The number of benzene rings is 1. The van der Waals surface area contributed by atoms with Crippen molar-refractivity contribution in [3.63, 3.8) is 0 Å². The summed E-state index contributed by atoms with van der Waals surface area (Å²) in [7, 11) is 3.17. The van der Waals surface area contributed by atoms with Crippen LogP contribution >= 0.6 is 0 Å². The number of ether oxygens (including phenoxy) is 1. The molecule has 0 bridgehead atoms. The van der Waals surface area contributed by atoms with Gasteiger partial charge < -0.3 is 15.4 Å². The Bertz CT molecular complexity index is 623. The van der Waals surface area contributed by atoms with Gasteiger partial charge in [0.2, 0.25) is 0 Å². The second kappa shape index (κ2) is 5.60. The highest BCUT2D eigenvalue weighted by Gasteiger charge is 2.20. The van der Waals surface area contributed by atoms with Crippen molar-refractivity contribution in [3.8, 4) is 5.75 Å². The van der Waals surface area contributed by atoms with Gasteiger partial charge >= 0.3 is 0 Å². The fourth-order valence-corrected chi connectivity index (χ4v) is 1.88. The van der Waals surface area contributed by atoms with Gasteiger partial charge in [-0.15, -0.1) is 0 Å². The van der Waals surface area contributed by atoms with Crippen molar-refractivity contribution in [2.75, 3.05) is 19.9 Å². The first kappa shape index (κ1) is 13.9. The number of carbonyl (C=O) groups excluding carboxylic acids is 1. The molecule has 1 amide bonds. The summed E-state index contributed by atoms with van der Waals surface area (Å²) in [6.07, 6.45) is 0. The van der Waals surface area contributed by atoms with Crippen LogP contribution in [0.5, 0.6) is 5.75 Å². The van der Waals surface area contributed by atoms with Gasteiger partial charge in [0.25, 0.3) is 5.91 Å². The third-order valence-corrected chi connectivity index (χ3v) is 2.86. The first-order valence-corrected chi connectivity index (χ1v) is 6.08. The van der Waals surface area contributed by atoms with Crippen molar-refractivity contribution < 1.29 is 9.53 Å². The third-order valence-electron chi connectivity index (χ3n) is 2.86. The van der Waals surface area contributed by atoms with Gasteiger partial charge in [0.05, 0.1) is 13.7 Å². The smallest absolute Gasteiger partial charge is 0.259 e. The van der Waals surface area contributed by atoms with Gasteiger partial charge in [0.15, 0.2) is 5.82 Å². The molecule has 1 heterocycles. The number of nitrogens with two attached hydrogens (primary N) is 1. The molecule has 1 aromatic carbocycles. The lowest BCUT2D eigenvalue weighted by Crippen LogP contribution is -2.28. The number of rotatable bonds is 4. The summed E-state index contributed by atoms with van der Waals surface area (Å²) < 4.78 is 5.19. The molecule has 7 heteroatoms. The van der Waals surface area contributed by atoms with Gasteiger partial charge in [-0.3, -0.25) is 9.89 Å². The van der Waals surface area contributed by atoms with Gasteiger partial charge in [-0.2, -0.15) is 5.10 Å². The van der Waals surface area contributed by atoms with E-state index in [0.29, 0.717) is 35.2 Å². The molecule has 0 aliphatic heterocycles. The quantitative estimate of drug-likeness (QED) is 0.810. The zero-order valence-electron chi connectivity index (χ0n) is 11.7. The lowest BCUT2D eigenvalue weighted by molar-refractivity contribution is 0.0779. The first-order chi connectivity index (χ1) is 9.52. The minimum absolute atomic E-state index is 0.234. The topological polar surface area (TPSA) is 97.1 Å². The van der Waals surface area contributed by atoms with Crippen molar-refractivity contribution in [1.82, 2.24) is 20.1 Å². The number of methoxy groups -OCH3 is 1. The van der Waals surface area contributed by atoms with E-state index in [0.717, 1.165) is 0 Å². The number of nitrogen functional groups attached to an aromatic ring is 1. The summed E-state index contributed by atoms with van der Waals surface area (Å²) >= 11 is 0. The van der Waals surface area contributed by atoms with Crippen LogP contribution in [-0.4, -0.2) is 40.1 Å². The van der Waals surface area contributed by atoms with Gasteiger partial charge in [-0.1, -0.05) is 6.07 Å². The molecule has 0 atom stereocenters. The van der Waals surface area contributed by atoms with Crippen LogP contribution in [0.15, 0.2) is 18.2 Å². The number of nitrogens with zero attached hydrogens (tertiary/aromatic N) is 3. The van der Waals surface area contributed by atoms with Gasteiger partial charge in [-0.05, 0) is 19.1 Å². The Morgan fingerprint density at radius 2 is 2.25 bits per heavy atom. The Morgan fingerprint density at radius 3 is 2.85 bits per heavy atom. The van der Waals surface area contributed by atoms with E-state index in [1.165, 1.54) is 12.0 Å². The highest BCUT2D eigenvalue weighted by Crippen LogP contribution is 2.25. The van der Waals surface area contributed by atoms with E-state index in [2.05, 4.69) is 15.2 Å². The van der Waals surface area contributed by atoms with Gasteiger partial charge in [0, 0.05) is 12.7 Å². The predicted molar refractivity (Wildman–Crippen MR) is 74.3 cm³/mol. The minimum atomic E-state index is -0.234. The summed E-state index contributed by atoms with van der Waals surface area (Å²) in [5.41, 5.74) is 6.60. The maximum absolute atomic E-state index is 12.5. The van der Waals surface area contributed by atoms with Crippen molar-refractivity contribution >= 4 is 11.6 Å². The number of hydrogen-bond donors (Lipinski definition) is 2. The largest absolute Gasteiger partial charge is 0.496 e. The lowest BCUT2D eigenvalue weighted by Gasteiger charge is -2.18. The average molecular weight is 275 g/mol. The fourth-order valence-electron chi connectivity index (χ4n) is 1.88. The standard InChI is InChI=1S/C13H17N5O2/c1-8-15-11(17-16-8)7-18(2)13(19)12-9(14)5-4-6-10(12)20-3/h4-6H,7,14H2,1-3H3,(H,15,16,17). The zero-order valence-corrected chi connectivity index (χ0v) is 11.7. The van der Waals surface area contributed by atoms with Crippen LogP contribution in [0.3, 0.4) is 0 Å². The van der Waals surface area contributed by atoms with Crippen LogP contribution in [0.4, 0.5) is 5.69 Å². The summed E-state index contributed by atoms with van der Waals surface area (Å²) in [5.74, 6) is 1.47. The molecular formula is C13H17N5O2. The van der Waals surface area contributed by atoms with Crippen molar-refractivity contribution in [2.24, 2.45) is 0 Å². The molecule has 0 saturated carbocycles. The normalized spacial score (nSPS) is 10.3. The third kappa shape index (κ3) is 2.71. The van der Waals surface area contributed by atoms with Crippen molar-refractivity contribution in [1.29, 1.82) is 0 Å². The van der Waals surface area contributed by atoms with E-state index in [9.17, 15) is 4.79 Å². The number of aryl methyl sites for hydroxylation is 1. The number of anilines is 1. The van der Waals surface area contributed by atoms with E-state index in [1.54, 1.807) is 32.2 Å². The highest BCUT2D eigenvalue weighted by atomic mass is 16.5. The molecule has 7 nitrogen and oxygen atoms in total. The van der Waals surface area contributed by atoms with Crippen LogP contribution in [0.1, 0.15) is 22.0 Å². The molecule has 20 heavy (non-hydrogen) atoms. The molecular weight excluding hydrogens is 258 g/mol. The van der Waals surface area contributed by atoms with E-state index in [4.69, 9.17) is 10.5 Å². The van der Waals surface area contributed by atoms with Crippen LogP contribution < -0.4 is 10.5 Å². The van der Waals surface area contributed by atoms with E-state index in [-0.39, 0.29) is 5.91 Å². The molecule has 1 aromatic heterocycles. The summed E-state index contributed by atoms with van der Waals surface area (Å²) in [4.78, 5) is 18.1.